The lowest BCUT2D eigenvalue weighted by Crippen LogP contribution is -1.91. The van der Waals surface area contributed by atoms with Crippen LogP contribution in [0.5, 0.6) is 0 Å². The van der Waals surface area contributed by atoms with Crippen LogP contribution in [-0.4, -0.2) is 5.71 Å². The Bertz CT molecular complexity index is 446. The molecule has 1 aromatic carbocycles. The van der Waals surface area contributed by atoms with Gasteiger partial charge in [-0.1, -0.05) is 44.7 Å². The molecule has 17 heavy (non-hydrogen) atoms. The largest absolute Gasteiger partial charge is 0.258 e. The Morgan fingerprint density at radius 3 is 2.53 bits per heavy atom. The van der Waals surface area contributed by atoms with Gasteiger partial charge in [0.15, 0.2) is 0 Å². The van der Waals surface area contributed by atoms with Gasteiger partial charge < -0.3 is 0 Å². The Morgan fingerprint density at radius 2 is 2.00 bits per heavy atom. The maximum Gasteiger partial charge on any atom is 0.0700 e. The first kappa shape index (κ1) is 13.4. The summed E-state index contributed by atoms with van der Waals surface area (Å²) in [7, 11) is 0. The molecule has 90 valence electrons. The van der Waals surface area contributed by atoms with Crippen LogP contribution in [-0.2, 0) is 0 Å². The molecule has 0 amide bonds. The van der Waals surface area contributed by atoms with Crippen molar-refractivity contribution in [3.63, 3.8) is 0 Å². The van der Waals surface area contributed by atoms with E-state index in [1.165, 1.54) is 5.56 Å². The van der Waals surface area contributed by atoms with Crippen molar-refractivity contribution in [2.24, 2.45) is 4.99 Å². The predicted molar refractivity (Wildman–Crippen MR) is 77.5 cm³/mol. The van der Waals surface area contributed by atoms with E-state index in [2.05, 4.69) is 49.7 Å². The minimum absolute atomic E-state index is 0.534. The molecule has 0 fully saturated rings. The third-order valence-corrected chi connectivity index (χ3v) is 2.47. The van der Waals surface area contributed by atoms with Gasteiger partial charge in [-0.05, 0) is 37.5 Å². The molecule has 0 heterocycles. The number of hydrogen-bond acceptors (Lipinski definition) is 1. The van der Waals surface area contributed by atoms with Crippen molar-refractivity contribution >= 4 is 11.4 Å². The number of rotatable bonds is 4. The average Bonchev–Trinajstić information content (AvgIpc) is 2.28. The first-order valence-electron chi connectivity index (χ1n) is 5.99. The van der Waals surface area contributed by atoms with Crippen molar-refractivity contribution < 1.29 is 0 Å². The van der Waals surface area contributed by atoms with E-state index in [-0.39, 0.29) is 0 Å². The lowest BCUT2D eigenvalue weighted by molar-refractivity contribution is 0.866. The predicted octanol–water partition coefficient (Wildman–Crippen LogP) is 4.82. The molecule has 0 aliphatic carbocycles. The fourth-order valence-electron chi connectivity index (χ4n) is 1.61. The molecule has 0 atom stereocenters. The van der Waals surface area contributed by atoms with Crippen LogP contribution in [0.15, 0.2) is 48.0 Å². The minimum atomic E-state index is 0.534. The van der Waals surface area contributed by atoms with Gasteiger partial charge in [0.2, 0.25) is 0 Å². The molecule has 0 bridgehead atoms. The summed E-state index contributed by atoms with van der Waals surface area (Å²) in [6.07, 6.45) is 3.73. The van der Waals surface area contributed by atoms with Crippen molar-refractivity contribution in [1.29, 1.82) is 0 Å². The van der Waals surface area contributed by atoms with Gasteiger partial charge >= 0.3 is 0 Å². The second kappa shape index (κ2) is 6.19. The molecule has 1 heteroatoms. The molecule has 0 radical (unpaired) electrons. The summed E-state index contributed by atoms with van der Waals surface area (Å²) in [6.45, 7) is 12.1. The van der Waals surface area contributed by atoms with Gasteiger partial charge in [-0.15, -0.1) is 0 Å². The van der Waals surface area contributed by atoms with Crippen LogP contribution in [0.25, 0.3) is 5.70 Å². The zero-order valence-electron chi connectivity index (χ0n) is 11.2. The summed E-state index contributed by atoms with van der Waals surface area (Å²) < 4.78 is 0. The zero-order valence-corrected chi connectivity index (χ0v) is 11.2. The molecule has 0 aromatic heterocycles. The minimum Gasteiger partial charge on any atom is -0.258 e. The molecule has 0 spiro atoms. The Kier molecular flexibility index (Phi) is 4.89. The lowest BCUT2D eigenvalue weighted by atomic mass is 9.99. The maximum absolute atomic E-state index is 4.54. The van der Waals surface area contributed by atoms with E-state index >= 15 is 0 Å². The van der Waals surface area contributed by atoms with Crippen molar-refractivity contribution in [3.8, 4) is 0 Å². The van der Waals surface area contributed by atoms with E-state index in [0.29, 0.717) is 5.92 Å². The highest BCUT2D eigenvalue weighted by Gasteiger charge is 2.03. The highest BCUT2D eigenvalue weighted by molar-refractivity contribution is 5.86. The second-order valence-electron chi connectivity index (χ2n) is 4.63. The topological polar surface area (TPSA) is 12.4 Å². The fraction of sp³-hybridized carbons (Fsp3) is 0.312. The highest BCUT2D eigenvalue weighted by Crippen LogP contribution is 2.22. The van der Waals surface area contributed by atoms with Crippen molar-refractivity contribution in [2.75, 3.05) is 0 Å². The van der Waals surface area contributed by atoms with Crippen LogP contribution in [0, 0.1) is 0 Å². The summed E-state index contributed by atoms with van der Waals surface area (Å²) >= 11 is 0. The molecule has 0 saturated heterocycles. The third-order valence-electron chi connectivity index (χ3n) is 2.47. The third kappa shape index (κ3) is 4.03. The molecular formula is C16H21N. The molecule has 0 N–H and O–H groups in total. The molecule has 0 unspecified atom stereocenters. The van der Waals surface area contributed by atoms with E-state index in [0.717, 1.165) is 17.0 Å². The van der Waals surface area contributed by atoms with Gasteiger partial charge in [0.25, 0.3) is 0 Å². The molecule has 1 aromatic rings. The van der Waals surface area contributed by atoms with Gasteiger partial charge in [0.1, 0.15) is 0 Å². The SMILES string of the molecule is C=C/C=C(\N=C(C)C)c1cccc(C(C)C)c1. The number of aliphatic imine (C=N–C) groups is 1. The van der Waals surface area contributed by atoms with Crippen LogP contribution >= 0.6 is 0 Å². The number of benzene rings is 1. The van der Waals surface area contributed by atoms with E-state index in [1.807, 2.05) is 19.9 Å². The molecular weight excluding hydrogens is 206 g/mol. The first-order chi connectivity index (χ1) is 8.04. The molecule has 0 aliphatic heterocycles. The van der Waals surface area contributed by atoms with Gasteiger partial charge in [-0.25, -0.2) is 0 Å². The first-order valence-corrected chi connectivity index (χ1v) is 5.99. The van der Waals surface area contributed by atoms with Crippen LogP contribution < -0.4 is 0 Å². The summed E-state index contributed by atoms with van der Waals surface area (Å²) in [5, 5.41) is 0. The van der Waals surface area contributed by atoms with E-state index < -0.39 is 0 Å². The van der Waals surface area contributed by atoms with Gasteiger partial charge in [0.05, 0.1) is 5.70 Å². The number of allylic oxidation sites excluding steroid dienone is 2. The number of hydrogen-bond donors (Lipinski definition) is 0. The summed E-state index contributed by atoms with van der Waals surface area (Å²) in [4.78, 5) is 4.54. The normalized spacial score (nSPS) is 11.5. The maximum atomic E-state index is 4.54. The monoisotopic (exact) mass is 227 g/mol. The summed E-state index contributed by atoms with van der Waals surface area (Å²) in [6, 6.07) is 8.53. The van der Waals surface area contributed by atoms with Crippen molar-refractivity contribution in [3.05, 3.63) is 54.1 Å². The number of nitrogens with zero attached hydrogens (tertiary/aromatic N) is 1. The Labute approximate surface area is 105 Å². The van der Waals surface area contributed by atoms with Crippen LogP contribution in [0.3, 0.4) is 0 Å². The Morgan fingerprint density at radius 1 is 1.29 bits per heavy atom. The van der Waals surface area contributed by atoms with Gasteiger partial charge in [-0.3, -0.25) is 4.99 Å². The van der Waals surface area contributed by atoms with Crippen LogP contribution in [0.2, 0.25) is 0 Å². The Hall–Kier alpha value is -1.63. The molecule has 0 aliphatic rings. The van der Waals surface area contributed by atoms with E-state index in [4.69, 9.17) is 0 Å². The lowest BCUT2D eigenvalue weighted by Gasteiger charge is -2.08. The summed E-state index contributed by atoms with van der Waals surface area (Å²) in [5.74, 6) is 0.534. The smallest absolute Gasteiger partial charge is 0.0700 e. The summed E-state index contributed by atoms with van der Waals surface area (Å²) in [5.41, 5.74) is 4.51. The van der Waals surface area contributed by atoms with Gasteiger partial charge in [-0.2, -0.15) is 0 Å². The quantitative estimate of drug-likeness (QED) is 0.516. The standard InChI is InChI=1S/C16H21N/c1-6-8-16(17-13(4)5)15-10-7-9-14(11-15)12(2)3/h6-12H,1H2,2-5H3/b16-8-. The van der Waals surface area contributed by atoms with Gasteiger partial charge in [0, 0.05) is 11.3 Å². The zero-order chi connectivity index (χ0) is 12.8. The van der Waals surface area contributed by atoms with E-state index in [1.54, 1.807) is 6.08 Å². The molecule has 0 saturated carbocycles. The van der Waals surface area contributed by atoms with Crippen molar-refractivity contribution in [2.45, 2.75) is 33.6 Å². The fourth-order valence-corrected chi connectivity index (χ4v) is 1.61. The van der Waals surface area contributed by atoms with Crippen LogP contribution in [0.4, 0.5) is 0 Å². The highest BCUT2D eigenvalue weighted by atomic mass is 14.7. The van der Waals surface area contributed by atoms with Crippen LogP contribution in [0.1, 0.15) is 44.7 Å². The van der Waals surface area contributed by atoms with Crippen molar-refractivity contribution in [1.82, 2.24) is 0 Å². The second-order valence-corrected chi connectivity index (χ2v) is 4.63. The molecule has 1 rings (SSSR count). The average molecular weight is 227 g/mol. The molecule has 1 nitrogen and oxygen atoms in total. The van der Waals surface area contributed by atoms with E-state index in [9.17, 15) is 0 Å². The Balaban J connectivity index is 3.20.